The Morgan fingerprint density at radius 1 is 1.16 bits per heavy atom. The van der Waals surface area contributed by atoms with Crippen LogP contribution in [-0.4, -0.2) is 13.2 Å². The smallest absolute Gasteiger partial charge is 0.126 e. The van der Waals surface area contributed by atoms with Crippen LogP contribution in [0.25, 0.3) is 0 Å². The first-order valence-corrected chi connectivity index (χ1v) is 7.82. The molecular weight excluding hydrogens is 302 g/mol. The van der Waals surface area contributed by atoms with Gasteiger partial charge in [0.2, 0.25) is 0 Å². The maximum Gasteiger partial charge on any atom is 0.126 e. The van der Waals surface area contributed by atoms with Gasteiger partial charge in [0.25, 0.3) is 0 Å². The summed E-state index contributed by atoms with van der Waals surface area (Å²) < 4.78 is 7.10. The number of benzene rings is 1. The summed E-state index contributed by atoms with van der Waals surface area (Å²) in [4.78, 5) is 0. The van der Waals surface area contributed by atoms with Gasteiger partial charge in [0.15, 0.2) is 0 Å². The van der Waals surface area contributed by atoms with Gasteiger partial charge in [0, 0.05) is 16.6 Å². The zero-order valence-corrected chi connectivity index (χ0v) is 14.3. The lowest BCUT2D eigenvalue weighted by molar-refractivity contribution is 0.266. The van der Waals surface area contributed by atoms with Crippen LogP contribution in [0.3, 0.4) is 0 Å². The molecule has 1 aromatic rings. The lowest BCUT2D eigenvalue weighted by atomic mass is 10.1. The molecule has 0 amide bonds. The molecular formula is C16H26BrNO. The zero-order chi connectivity index (χ0) is 14.4. The number of halogens is 1. The third kappa shape index (κ3) is 5.96. The molecule has 0 aliphatic heterocycles. The maximum atomic E-state index is 5.98. The molecule has 1 aromatic carbocycles. The van der Waals surface area contributed by atoms with Crippen LogP contribution in [0.2, 0.25) is 0 Å². The summed E-state index contributed by atoms with van der Waals surface area (Å²) in [5, 5.41) is 3.48. The fourth-order valence-electron chi connectivity index (χ4n) is 1.88. The standard InChI is InChI=1S/C16H26BrNO/c1-11(2)8-18-9-14-7-15(17)6-13(5)16(14)19-10-12(3)4/h6-7,11-12,18H,8-10H2,1-5H3. The van der Waals surface area contributed by atoms with Gasteiger partial charge in [-0.25, -0.2) is 0 Å². The van der Waals surface area contributed by atoms with Crippen LogP contribution in [0.4, 0.5) is 0 Å². The van der Waals surface area contributed by atoms with Crippen LogP contribution >= 0.6 is 15.9 Å². The number of aryl methyl sites for hydroxylation is 1. The van der Waals surface area contributed by atoms with Gasteiger partial charge in [-0.1, -0.05) is 43.6 Å². The van der Waals surface area contributed by atoms with Gasteiger partial charge in [0.1, 0.15) is 5.75 Å². The Morgan fingerprint density at radius 3 is 2.42 bits per heavy atom. The van der Waals surface area contributed by atoms with Gasteiger partial charge < -0.3 is 10.1 Å². The highest BCUT2D eigenvalue weighted by molar-refractivity contribution is 9.10. The first-order valence-electron chi connectivity index (χ1n) is 7.02. The number of rotatable bonds is 7. The van der Waals surface area contributed by atoms with Crippen LogP contribution < -0.4 is 10.1 Å². The molecule has 0 unspecified atom stereocenters. The van der Waals surface area contributed by atoms with Gasteiger partial charge >= 0.3 is 0 Å². The molecule has 0 fully saturated rings. The summed E-state index contributed by atoms with van der Waals surface area (Å²) >= 11 is 3.56. The Balaban J connectivity index is 2.80. The topological polar surface area (TPSA) is 21.3 Å². The van der Waals surface area contributed by atoms with Crippen molar-refractivity contribution in [3.8, 4) is 5.75 Å². The summed E-state index contributed by atoms with van der Waals surface area (Å²) in [6, 6.07) is 4.26. The molecule has 0 saturated carbocycles. The maximum absolute atomic E-state index is 5.98. The summed E-state index contributed by atoms with van der Waals surface area (Å²) in [5.74, 6) is 2.24. The van der Waals surface area contributed by atoms with Crippen molar-refractivity contribution in [2.45, 2.75) is 41.2 Å². The SMILES string of the molecule is Cc1cc(Br)cc(CNCC(C)C)c1OCC(C)C. The number of nitrogens with one attached hydrogen (secondary N) is 1. The van der Waals surface area contributed by atoms with Crippen LogP contribution in [0.15, 0.2) is 16.6 Å². The third-order valence-electron chi connectivity index (χ3n) is 2.75. The lowest BCUT2D eigenvalue weighted by Gasteiger charge is -2.17. The molecule has 0 atom stereocenters. The normalized spacial score (nSPS) is 11.4. The molecule has 0 aliphatic carbocycles. The van der Waals surface area contributed by atoms with Gasteiger partial charge in [-0.3, -0.25) is 0 Å². The van der Waals surface area contributed by atoms with E-state index in [0.29, 0.717) is 11.8 Å². The second-order valence-corrected chi connectivity index (χ2v) is 6.86. The van der Waals surface area contributed by atoms with E-state index in [2.05, 4.69) is 68.0 Å². The van der Waals surface area contributed by atoms with Gasteiger partial charge in [0.05, 0.1) is 6.61 Å². The van der Waals surface area contributed by atoms with E-state index in [9.17, 15) is 0 Å². The van der Waals surface area contributed by atoms with Crippen molar-refractivity contribution >= 4 is 15.9 Å². The molecule has 0 heterocycles. The molecule has 2 nitrogen and oxygen atoms in total. The van der Waals surface area contributed by atoms with Crippen LogP contribution in [0.1, 0.15) is 38.8 Å². The fourth-order valence-corrected chi connectivity index (χ4v) is 2.50. The minimum atomic E-state index is 0.541. The van der Waals surface area contributed by atoms with Crippen molar-refractivity contribution < 1.29 is 4.74 Å². The Kier molecular flexibility index (Phi) is 6.87. The van der Waals surface area contributed by atoms with Crippen molar-refractivity contribution in [2.75, 3.05) is 13.2 Å². The average Bonchev–Trinajstić information content (AvgIpc) is 2.26. The first-order chi connectivity index (χ1) is 8.90. The van der Waals surface area contributed by atoms with E-state index in [-0.39, 0.29) is 0 Å². The van der Waals surface area contributed by atoms with E-state index < -0.39 is 0 Å². The molecule has 0 aromatic heterocycles. The first kappa shape index (κ1) is 16.5. The second-order valence-electron chi connectivity index (χ2n) is 5.94. The molecule has 0 radical (unpaired) electrons. The van der Waals surface area contributed by atoms with Crippen LogP contribution in [-0.2, 0) is 6.54 Å². The quantitative estimate of drug-likeness (QED) is 0.793. The Morgan fingerprint density at radius 2 is 1.84 bits per heavy atom. The van der Waals surface area contributed by atoms with E-state index in [4.69, 9.17) is 4.74 Å². The largest absolute Gasteiger partial charge is 0.493 e. The van der Waals surface area contributed by atoms with Gasteiger partial charge in [-0.15, -0.1) is 0 Å². The molecule has 0 aliphatic rings. The summed E-state index contributed by atoms with van der Waals surface area (Å²) in [7, 11) is 0. The fraction of sp³-hybridized carbons (Fsp3) is 0.625. The second kappa shape index (κ2) is 7.91. The lowest BCUT2D eigenvalue weighted by Crippen LogP contribution is -2.20. The van der Waals surface area contributed by atoms with Crippen LogP contribution in [0, 0.1) is 18.8 Å². The van der Waals surface area contributed by atoms with E-state index in [1.54, 1.807) is 0 Å². The number of hydrogen-bond acceptors (Lipinski definition) is 2. The minimum Gasteiger partial charge on any atom is -0.493 e. The van der Waals surface area contributed by atoms with E-state index >= 15 is 0 Å². The number of hydrogen-bond donors (Lipinski definition) is 1. The van der Waals surface area contributed by atoms with E-state index in [1.165, 1.54) is 11.1 Å². The van der Waals surface area contributed by atoms with Crippen LogP contribution in [0.5, 0.6) is 5.75 Å². The highest BCUT2D eigenvalue weighted by Gasteiger charge is 2.10. The molecule has 19 heavy (non-hydrogen) atoms. The van der Waals surface area contributed by atoms with E-state index in [1.807, 2.05) is 0 Å². The summed E-state index contributed by atoms with van der Waals surface area (Å²) in [5.41, 5.74) is 2.42. The van der Waals surface area contributed by atoms with E-state index in [0.717, 1.165) is 29.9 Å². The highest BCUT2D eigenvalue weighted by atomic mass is 79.9. The van der Waals surface area contributed by atoms with Crippen molar-refractivity contribution in [1.29, 1.82) is 0 Å². The zero-order valence-electron chi connectivity index (χ0n) is 12.7. The molecule has 0 bridgehead atoms. The highest BCUT2D eigenvalue weighted by Crippen LogP contribution is 2.28. The molecule has 1 rings (SSSR count). The Bertz CT molecular complexity index is 402. The summed E-state index contributed by atoms with van der Waals surface area (Å²) in [6.45, 7) is 13.5. The monoisotopic (exact) mass is 327 g/mol. The average molecular weight is 328 g/mol. The molecule has 1 N–H and O–H groups in total. The van der Waals surface area contributed by atoms with Crippen molar-refractivity contribution in [1.82, 2.24) is 5.32 Å². The molecule has 0 spiro atoms. The predicted molar refractivity (Wildman–Crippen MR) is 85.8 cm³/mol. The van der Waals surface area contributed by atoms with Gasteiger partial charge in [-0.2, -0.15) is 0 Å². The number of ether oxygens (including phenoxy) is 1. The molecule has 0 saturated heterocycles. The van der Waals surface area contributed by atoms with Crippen molar-refractivity contribution in [2.24, 2.45) is 11.8 Å². The third-order valence-corrected chi connectivity index (χ3v) is 3.20. The van der Waals surface area contributed by atoms with Gasteiger partial charge in [-0.05, 0) is 43.0 Å². The summed E-state index contributed by atoms with van der Waals surface area (Å²) in [6.07, 6.45) is 0. The Labute approximate surface area is 126 Å². The minimum absolute atomic E-state index is 0.541. The molecule has 108 valence electrons. The Hall–Kier alpha value is -0.540. The predicted octanol–water partition coefficient (Wildman–Crippen LogP) is 4.54. The molecule has 3 heteroatoms. The van der Waals surface area contributed by atoms with Crippen molar-refractivity contribution in [3.63, 3.8) is 0 Å². The van der Waals surface area contributed by atoms with Crippen molar-refractivity contribution in [3.05, 3.63) is 27.7 Å².